The molecule has 0 amide bonds. The summed E-state index contributed by atoms with van der Waals surface area (Å²) in [4.78, 5) is 8.30. The van der Waals surface area contributed by atoms with Crippen LogP contribution in [0, 0.1) is 0 Å². The number of aromatic nitrogens is 2. The summed E-state index contributed by atoms with van der Waals surface area (Å²) in [5, 5.41) is 3.57. The molecule has 0 aliphatic rings. The zero-order valence-corrected chi connectivity index (χ0v) is 11.6. The monoisotopic (exact) mass is 255 g/mol. The van der Waals surface area contributed by atoms with E-state index in [2.05, 4.69) is 47.3 Å². The Bertz CT molecular complexity index is 496. The molecular formula is C16H21N3. The number of nitrogens with zero attached hydrogens (tertiary/aromatic N) is 2. The molecule has 2 heterocycles. The van der Waals surface area contributed by atoms with Crippen molar-refractivity contribution >= 4 is 0 Å². The van der Waals surface area contributed by atoms with E-state index in [1.807, 2.05) is 24.8 Å². The normalized spacial score (nSPS) is 12.3. The summed E-state index contributed by atoms with van der Waals surface area (Å²) < 4.78 is 0. The molecule has 3 nitrogen and oxygen atoms in total. The molecule has 3 heteroatoms. The van der Waals surface area contributed by atoms with Gasteiger partial charge in [0.1, 0.15) is 0 Å². The maximum atomic E-state index is 4.23. The lowest BCUT2D eigenvalue weighted by Gasteiger charge is -2.21. The van der Waals surface area contributed by atoms with E-state index in [4.69, 9.17) is 0 Å². The molecule has 2 aromatic heterocycles. The third-order valence-electron chi connectivity index (χ3n) is 3.34. The standard InChI is InChI=1S/C16H21N3/c1-3-14-12-18-10-7-15(14)16(19-4-2)11-13-5-8-17-9-6-13/h5-10,12,16,19H,3-4,11H2,1-2H3. The molecule has 0 aromatic carbocycles. The average molecular weight is 255 g/mol. The number of pyridine rings is 2. The summed E-state index contributed by atoms with van der Waals surface area (Å²) in [5.74, 6) is 0. The van der Waals surface area contributed by atoms with Gasteiger partial charge < -0.3 is 5.32 Å². The molecule has 0 aliphatic heterocycles. The van der Waals surface area contributed by atoms with Gasteiger partial charge in [0.25, 0.3) is 0 Å². The van der Waals surface area contributed by atoms with Gasteiger partial charge in [-0.15, -0.1) is 0 Å². The van der Waals surface area contributed by atoms with Crippen molar-refractivity contribution < 1.29 is 0 Å². The predicted molar refractivity (Wildman–Crippen MR) is 78.0 cm³/mol. The van der Waals surface area contributed by atoms with Gasteiger partial charge in [0, 0.05) is 30.8 Å². The molecule has 0 saturated carbocycles. The average Bonchev–Trinajstić information content (AvgIpc) is 2.48. The summed E-state index contributed by atoms with van der Waals surface area (Å²) in [5.41, 5.74) is 3.98. The van der Waals surface area contributed by atoms with Gasteiger partial charge in [-0.2, -0.15) is 0 Å². The zero-order chi connectivity index (χ0) is 13.5. The van der Waals surface area contributed by atoms with Crippen LogP contribution in [0.5, 0.6) is 0 Å². The Balaban J connectivity index is 2.24. The van der Waals surface area contributed by atoms with Crippen molar-refractivity contribution in [1.29, 1.82) is 0 Å². The van der Waals surface area contributed by atoms with Gasteiger partial charge in [-0.3, -0.25) is 9.97 Å². The molecule has 2 rings (SSSR count). The Labute approximate surface area is 115 Å². The van der Waals surface area contributed by atoms with Crippen molar-refractivity contribution in [3.8, 4) is 0 Å². The number of nitrogens with one attached hydrogen (secondary N) is 1. The summed E-state index contributed by atoms with van der Waals surface area (Å²) in [7, 11) is 0. The fraction of sp³-hybridized carbons (Fsp3) is 0.375. The van der Waals surface area contributed by atoms with Crippen molar-refractivity contribution in [1.82, 2.24) is 15.3 Å². The van der Waals surface area contributed by atoms with Crippen LogP contribution in [0.2, 0.25) is 0 Å². The zero-order valence-electron chi connectivity index (χ0n) is 11.6. The first-order chi connectivity index (χ1) is 9.35. The molecule has 0 spiro atoms. The van der Waals surface area contributed by atoms with E-state index in [1.165, 1.54) is 16.7 Å². The maximum Gasteiger partial charge on any atom is 0.0364 e. The minimum Gasteiger partial charge on any atom is -0.310 e. The highest BCUT2D eigenvalue weighted by molar-refractivity contribution is 5.28. The summed E-state index contributed by atoms with van der Waals surface area (Å²) in [6, 6.07) is 6.63. The highest BCUT2D eigenvalue weighted by atomic mass is 14.9. The molecule has 0 fully saturated rings. The molecule has 2 aromatic rings. The van der Waals surface area contributed by atoms with E-state index >= 15 is 0 Å². The third-order valence-corrected chi connectivity index (χ3v) is 3.34. The Morgan fingerprint density at radius 1 is 1.05 bits per heavy atom. The lowest BCUT2D eigenvalue weighted by Crippen LogP contribution is -2.24. The number of aryl methyl sites for hydroxylation is 1. The van der Waals surface area contributed by atoms with Gasteiger partial charge in [-0.1, -0.05) is 13.8 Å². The van der Waals surface area contributed by atoms with Crippen LogP contribution in [0.3, 0.4) is 0 Å². The van der Waals surface area contributed by atoms with Crippen LogP contribution in [0.15, 0.2) is 43.0 Å². The van der Waals surface area contributed by atoms with Crippen molar-refractivity contribution in [3.05, 3.63) is 59.7 Å². The highest BCUT2D eigenvalue weighted by Gasteiger charge is 2.14. The first kappa shape index (κ1) is 13.7. The smallest absolute Gasteiger partial charge is 0.0364 e. The molecular weight excluding hydrogens is 234 g/mol. The van der Waals surface area contributed by atoms with Gasteiger partial charge >= 0.3 is 0 Å². The molecule has 0 saturated heterocycles. The van der Waals surface area contributed by atoms with E-state index in [-0.39, 0.29) is 0 Å². The van der Waals surface area contributed by atoms with E-state index < -0.39 is 0 Å². The summed E-state index contributed by atoms with van der Waals surface area (Å²) >= 11 is 0. The minimum atomic E-state index is 0.338. The molecule has 0 radical (unpaired) electrons. The second-order valence-electron chi connectivity index (χ2n) is 4.60. The molecule has 1 unspecified atom stereocenters. The van der Waals surface area contributed by atoms with Crippen LogP contribution >= 0.6 is 0 Å². The Morgan fingerprint density at radius 3 is 2.47 bits per heavy atom. The number of rotatable bonds is 6. The van der Waals surface area contributed by atoms with E-state index in [9.17, 15) is 0 Å². The molecule has 0 bridgehead atoms. The summed E-state index contributed by atoms with van der Waals surface area (Å²) in [6.07, 6.45) is 9.56. The molecule has 1 atom stereocenters. The molecule has 19 heavy (non-hydrogen) atoms. The molecule has 0 aliphatic carbocycles. The van der Waals surface area contributed by atoms with Crippen molar-refractivity contribution in [2.75, 3.05) is 6.54 Å². The number of likely N-dealkylation sites (N-methyl/N-ethyl adjacent to an activating group) is 1. The van der Waals surface area contributed by atoms with Crippen LogP contribution in [0.4, 0.5) is 0 Å². The van der Waals surface area contributed by atoms with Gasteiger partial charge in [0.15, 0.2) is 0 Å². The Morgan fingerprint density at radius 2 is 1.79 bits per heavy atom. The SMILES string of the molecule is CCNC(Cc1ccncc1)c1ccncc1CC. The lowest BCUT2D eigenvalue weighted by molar-refractivity contribution is 0.545. The molecule has 100 valence electrons. The van der Waals surface area contributed by atoms with E-state index in [0.717, 1.165) is 19.4 Å². The second kappa shape index (κ2) is 7.00. The van der Waals surface area contributed by atoms with Gasteiger partial charge in [0.05, 0.1) is 0 Å². The van der Waals surface area contributed by atoms with Crippen molar-refractivity contribution in [2.24, 2.45) is 0 Å². The quantitative estimate of drug-likeness (QED) is 0.862. The van der Waals surface area contributed by atoms with Gasteiger partial charge in [-0.25, -0.2) is 0 Å². The highest BCUT2D eigenvalue weighted by Crippen LogP contribution is 2.21. The van der Waals surface area contributed by atoms with Gasteiger partial charge in [0.2, 0.25) is 0 Å². The van der Waals surface area contributed by atoms with Crippen LogP contribution in [-0.2, 0) is 12.8 Å². The fourth-order valence-electron chi connectivity index (χ4n) is 2.37. The van der Waals surface area contributed by atoms with Crippen LogP contribution in [-0.4, -0.2) is 16.5 Å². The minimum absolute atomic E-state index is 0.338. The predicted octanol–water partition coefficient (Wildman–Crippen LogP) is 2.93. The van der Waals surface area contributed by atoms with E-state index in [0.29, 0.717) is 6.04 Å². The van der Waals surface area contributed by atoms with Crippen molar-refractivity contribution in [3.63, 3.8) is 0 Å². The van der Waals surface area contributed by atoms with Crippen LogP contribution < -0.4 is 5.32 Å². The topological polar surface area (TPSA) is 37.8 Å². The van der Waals surface area contributed by atoms with Crippen LogP contribution in [0.25, 0.3) is 0 Å². The number of hydrogen-bond acceptors (Lipinski definition) is 3. The third kappa shape index (κ3) is 3.61. The Kier molecular flexibility index (Phi) is 5.04. The van der Waals surface area contributed by atoms with E-state index in [1.54, 1.807) is 0 Å². The first-order valence-electron chi connectivity index (χ1n) is 6.90. The van der Waals surface area contributed by atoms with Crippen molar-refractivity contribution in [2.45, 2.75) is 32.7 Å². The Hall–Kier alpha value is -1.74. The second-order valence-corrected chi connectivity index (χ2v) is 4.60. The molecule has 1 N–H and O–H groups in total. The largest absolute Gasteiger partial charge is 0.310 e. The maximum absolute atomic E-state index is 4.23. The van der Waals surface area contributed by atoms with Gasteiger partial charge in [-0.05, 0) is 54.3 Å². The number of hydrogen-bond donors (Lipinski definition) is 1. The summed E-state index contributed by atoms with van der Waals surface area (Å²) in [6.45, 7) is 5.28. The first-order valence-corrected chi connectivity index (χ1v) is 6.90. The lowest BCUT2D eigenvalue weighted by atomic mass is 9.95. The fourth-order valence-corrected chi connectivity index (χ4v) is 2.37. The van der Waals surface area contributed by atoms with Crippen LogP contribution in [0.1, 0.15) is 36.6 Å².